The second-order valence-corrected chi connectivity index (χ2v) is 6.11. The molecule has 26 heavy (non-hydrogen) atoms. The molecular formula is C20H17ClFN3O. The Morgan fingerprint density at radius 3 is 2.50 bits per heavy atom. The number of anilines is 2. The van der Waals surface area contributed by atoms with Crippen molar-refractivity contribution in [3.05, 3.63) is 88.8 Å². The number of benzene rings is 2. The molecule has 0 aliphatic carbocycles. The third kappa shape index (κ3) is 4.80. The van der Waals surface area contributed by atoms with Gasteiger partial charge in [-0.05, 0) is 48.4 Å². The Kier molecular flexibility index (Phi) is 5.81. The first-order chi connectivity index (χ1) is 12.6. The third-order valence-corrected chi connectivity index (χ3v) is 4.03. The number of rotatable bonds is 6. The van der Waals surface area contributed by atoms with E-state index in [1.165, 1.54) is 23.8 Å². The van der Waals surface area contributed by atoms with E-state index in [1.54, 1.807) is 18.3 Å². The predicted molar refractivity (Wildman–Crippen MR) is 102 cm³/mol. The van der Waals surface area contributed by atoms with Crippen LogP contribution in [0.25, 0.3) is 0 Å². The molecular weight excluding hydrogens is 353 g/mol. The molecule has 2 aromatic carbocycles. The highest BCUT2D eigenvalue weighted by Gasteiger charge is 2.11. The second-order valence-electron chi connectivity index (χ2n) is 5.67. The lowest BCUT2D eigenvalue weighted by Gasteiger charge is -2.08. The van der Waals surface area contributed by atoms with Crippen LogP contribution in [0.4, 0.5) is 15.9 Å². The van der Waals surface area contributed by atoms with Crippen molar-refractivity contribution in [3.8, 4) is 0 Å². The predicted octanol–water partition coefficient (Wildman–Crippen LogP) is 4.78. The Bertz CT molecular complexity index is 882. The van der Waals surface area contributed by atoms with Crippen LogP contribution in [-0.4, -0.2) is 17.4 Å². The number of nitrogens with one attached hydrogen (secondary N) is 2. The van der Waals surface area contributed by atoms with Crippen LogP contribution in [0.2, 0.25) is 5.02 Å². The van der Waals surface area contributed by atoms with Gasteiger partial charge in [0, 0.05) is 11.6 Å². The van der Waals surface area contributed by atoms with Crippen LogP contribution in [-0.2, 0) is 6.42 Å². The molecule has 0 fully saturated rings. The average molecular weight is 370 g/mol. The van der Waals surface area contributed by atoms with Crippen molar-refractivity contribution in [2.75, 3.05) is 17.2 Å². The Labute approximate surface area is 156 Å². The van der Waals surface area contributed by atoms with Gasteiger partial charge in [0.15, 0.2) is 0 Å². The van der Waals surface area contributed by atoms with Gasteiger partial charge in [-0.3, -0.25) is 4.79 Å². The number of carbonyl (C=O) groups is 1. The van der Waals surface area contributed by atoms with E-state index in [0.29, 0.717) is 5.82 Å². The van der Waals surface area contributed by atoms with Crippen LogP contribution in [0, 0.1) is 5.82 Å². The molecule has 132 valence electrons. The zero-order valence-corrected chi connectivity index (χ0v) is 14.6. The van der Waals surface area contributed by atoms with Gasteiger partial charge in [0.2, 0.25) is 0 Å². The van der Waals surface area contributed by atoms with Crippen LogP contribution < -0.4 is 10.6 Å². The monoisotopic (exact) mass is 369 g/mol. The third-order valence-electron chi connectivity index (χ3n) is 3.78. The number of nitrogens with zero attached hydrogens (tertiary/aromatic N) is 1. The fraction of sp³-hybridized carbons (Fsp3) is 0.100. The first-order valence-corrected chi connectivity index (χ1v) is 8.50. The minimum atomic E-state index is -0.564. The highest BCUT2D eigenvalue weighted by molar-refractivity contribution is 6.30. The molecule has 3 rings (SSSR count). The molecule has 0 atom stereocenters. The molecule has 0 aliphatic heterocycles. The lowest BCUT2D eigenvalue weighted by molar-refractivity contribution is 0.102. The minimum absolute atomic E-state index is 0.0144. The van der Waals surface area contributed by atoms with E-state index in [-0.39, 0.29) is 5.56 Å². The number of halogens is 2. The van der Waals surface area contributed by atoms with Gasteiger partial charge >= 0.3 is 0 Å². The average Bonchev–Trinajstić information content (AvgIpc) is 2.65. The molecule has 6 heteroatoms. The molecule has 0 unspecified atom stereocenters. The summed E-state index contributed by atoms with van der Waals surface area (Å²) < 4.78 is 13.6. The van der Waals surface area contributed by atoms with E-state index >= 15 is 0 Å². The van der Waals surface area contributed by atoms with Crippen molar-refractivity contribution in [2.45, 2.75) is 6.42 Å². The first-order valence-electron chi connectivity index (χ1n) is 8.12. The Morgan fingerprint density at radius 2 is 1.81 bits per heavy atom. The van der Waals surface area contributed by atoms with Gasteiger partial charge in [0.25, 0.3) is 5.91 Å². The quantitative estimate of drug-likeness (QED) is 0.657. The molecule has 2 N–H and O–H groups in total. The Hall–Kier alpha value is -2.92. The van der Waals surface area contributed by atoms with Crippen molar-refractivity contribution in [1.82, 2.24) is 4.98 Å². The van der Waals surface area contributed by atoms with E-state index in [2.05, 4.69) is 15.6 Å². The van der Waals surface area contributed by atoms with Gasteiger partial charge in [0.1, 0.15) is 11.6 Å². The number of hydrogen-bond acceptors (Lipinski definition) is 3. The lowest BCUT2D eigenvalue weighted by atomic mass is 10.1. The topological polar surface area (TPSA) is 54.0 Å². The molecule has 0 saturated heterocycles. The number of amides is 1. The van der Waals surface area contributed by atoms with Crippen molar-refractivity contribution in [3.63, 3.8) is 0 Å². The summed E-state index contributed by atoms with van der Waals surface area (Å²) in [5, 5.41) is 6.57. The second kappa shape index (κ2) is 8.45. The molecule has 1 heterocycles. The van der Waals surface area contributed by atoms with Crippen LogP contribution in [0.1, 0.15) is 15.9 Å². The number of hydrogen-bond donors (Lipinski definition) is 2. The molecule has 0 spiro atoms. The van der Waals surface area contributed by atoms with Crippen molar-refractivity contribution < 1.29 is 9.18 Å². The molecule has 1 aromatic heterocycles. The fourth-order valence-electron chi connectivity index (χ4n) is 2.40. The summed E-state index contributed by atoms with van der Waals surface area (Å²) in [6, 6.07) is 17.0. The highest BCUT2D eigenvalue weighted by atomic mass is 35.5. The maximum atomic E-state index is 13.6. The normalized spacial score (nSPS) is 10.4. The Balaban J connectivity index is 1.52. The lowest BCUT2D eigenvalue weighted by Crippen LogP contribution is -2.14. The molecule has 0 bridgehead atoms. The highest BCUT2D eigenvalue weighted by Crippen LogP contribution is 2.14. The fourth-order valence-corrected chi connectivity index (χ4v) is 2.53. The van der Waals surface area contributed by atoms with Crippen molar-refractivity contribution >= 4 is 29.0 Å². The maximum Gasteiger partial charge on any atom is 0.259 e. The number of pyridine rings is 1. The van der Waals surface area contributed by atoms with Gasteiger partial charge < -0.3 is 10.6 Å². The van der Waals surface area contributed by atoms with Crippen LogP contribution in [0.5, 0.6) is 0 Å². The summed E-state index contributed by atoms with van der Waals surface area (Å²) in [5.74, 6) is -0.731. The summed E-state index contributed by atoms with van der Waals surface area (Å²) in [5.41, 5.74) is 2.01. The van der Waals surface area contributed by atoms with E-state index in [9.17, 15) is 9.18 Å². The standard InChI is InChI=1S/C20H17ClFN3O/c21-15-7-5-14(6-8-15)11-12-23-16-9-10-19(24-13-16)25-20(26)17-3-1-2-4-18(17)22/h1-10,13,23H,11-12H2,(H,24,25,26). The van der Waals surface area contributed by atoms with E-state index in [4.69, 9.17) is 11.6 Å². The number of carbonyl (C=O) groups excluding carboxylic acids is 1. The van der Waals surface area contributed by atoms with Gasteiger partial charge in [-0.2, -0.15) is 0 Å². The summed E-state index contributed by atoms with van der Waals surface area (Å²) >= 11 is 5.87. The number of aromatic nitrogens is 1. The van der Waals surface area contributed by atoms with Gasteiger partial charge in [-0.25, -0.2) is 9.37 Å². The van der Waals surface area contributed by atoms with Crippen LogP contribution >= 0.6 is 11.6 Å². The van der Waals surface area contributed by atoms with E-state index in [1.807, 2.05) is 30.3 Å². The van der Waals surface area contributed by atoms with Crippen molar-refractivity contribution in [2.24, 2.45) is 0 Å². The van der Waals surface area contributed by atoms with Crippen LogP contribution in [0.15, 0.2) is 66.9 Å². The first kappa shape index (κ1) is 17.9. The van der Waals surface area contributed by atoms with Gasteiger partial charge in [-0.1, -0.05) is 35.9 Å². The SMILES string of the molecule is O=C(Nc1ccc(NCCc2ccc(Cl)cc2)cn1)c1ccccc1F. The molecule has 1 amide bonds. The molecule has 0 saturated carbocycles. The van der Waals surface area contributed by atoms with Crippen molar-refractivity contribution in [1.29, 1.82) is 0 Å². The van der Waals surface area contributed by atoms with Gasteiger partial charge in [-0.15, -0.1) is 0 Å². The molecule has 4 nitrogen and oxygen atoms in total. The summed E-state index contributed by atoms with van der Waals surface area (Å²) in [7, 11) is 0. The molecule has 0 radical (unpaired) electrons. The van der Waals surface area contributed by atoms with E-state index in [0.717, 1.165) is 23.7 Å². The smallest absolute Gasteiger partial charge is 0.259 e. The largest absolute Gasteiger partial charge is 0.383 e. The summed E-state index contributed by atoms with van der Waals surface area (Å²) in [4.78, 5) is 16.2. The van der Waals surface area contributed by atoms with Crippen LogP contribution in [0.3, 0.4) is 0 Å². The molecule has 0 aliphatic rings. The zero-order valence-electron chi connectivity index (χ0n) is 13.9. The Morgan fingerprint density at radius 1 is 1.04 bits per heavy atom. The van der Waals surface area contributed by atoms with Gasteiger partial charge in [0.05, 0.1) is 17.4 Å². The van der Waals surface area contributed by atoms with E-state index < -0.39 is 11.7 Å². The minimum Gasteiger partial charge on any atom is -0.383 e. The summed E-state index contributed by atoms with van der Waals surface area (Å²) in [6.07, 6.45) is 2.47. The zero-order chi connectivity index (χ0) is 18.4. The molecule has 3 aromatic rings. The summed E-state index contributed by atoms with van der Waals surface area (Å²) in [6.45, 7) is 0.740. The maximum absolute atomic E-state index is 13.6.